The Hall–Kier alpha value is -3.47. The number of benzene rings is 3. The van der Waals surface area contributed by atoms with Crippen LogP contribution in [0.1, 0.15) is 22.6 Å². The average molecular weight is 378 g/mol. The Labute approximate surface area is 162 Å². The molecule has 0 aromatic heterocycles. The lowest BCUT2D eigenvalue weighted by atomic mass is 9.89. The van der Waals surface area contributed by atoms with Crippen LogP contribution in [0.4, 0.5) is 4.39 Å². The molecule has 4 rings (SSSR count). The van der Waals surface area contributed by atoms with Gasteiger partial charge in [-0.1, -0.05) is 36.4 Å². The summed E-state index contributed by atoms with van der Waals surface area (Å²) in [5.41, 5.74) is 2.52. The maximum Gasteiger partial charge on any atom is 0.231 e. The van der Waals surface area contributed by atoms with E-state index in [9.17, 15) is 9.50 Å². The van der Waals surface area contributed by atoms with Gasteiger partial charge in [0.25, 0.3) is 0 Å². The van der Waals surface area contributed by atoms with Crippen LogP contribution in [0.15, 0.2) is 66.7 Å². The van der Waals surface area contributed by atoms with Gasteiger partial charge in [-0.15, -0.1) is 0 Å². The van der Waals surface area contributed by atoms with Crippen LogP contribution in [0.25, 0.3) is 6.08 Å². The Morgan fingerprint density at radius 1 is 1.00 bits per heavy atom. The third kappa shape index (κ3) is 3.64. The van der Waals surface area contributed by atoms with Crippen molar-refractivity contribution in [3.05, 3.63) is 89.2 Å². The number of hydrogen-bond acceptors (Lipinski definition) is 4. The fraction of sp³-hybridized carbons (Fsp3) is 0.130. The van der Waals surface area contributed by atoms with Gasteiger partial charge in [0.05, 0.1) is 7.11 Å². The molecular weight excluding hydrogens is 359 g/mol. The number of halogens is 1. The zero-order valence-electron chi connectivity index (χ0n) is 15.3. The largest absolute Gasteiger partial charge is 0.507 e. The molecule has 0 saturated heterocycles. The van der Waals surface area contributed by atoms with Gasteiger partial charge in [0, 0.05) is 17.5 Å². The van der Waals surface area contributed by atoms with Crippen molar-refractivity contribution in [3.8, 4) is 23.0 Å². The SMILES string of the molecule is COc1ccc([C@@H](/C=C/c2ccc(F)cc2)c2cc3c(cc2O)OCO3)cc1. The number of rotatable bonds is 5. The normalized spacial score (nSPS) is 13.6. The Bertz CT molecular complexity index is 994. The quantitative estimate of drug-likeness (QED) is 0.670. The van der Waals surface area contributed by atoms with Crippen molar-refractivity contribution in [2.75, 3.05) is 13.9 Å². The fourth-order valence-electron chi connectivity index (χ4n) is 3.18. The van der Waals surface area contributed by atoms with E-state index >= 15 is 0 Å². The average Bonchev–Trinajstić information content (AvgIpc) is 3.17. The molecule has 1 N–H and O–H groups in total. The van der Waals surface area contributed by atoms with Gasteiger partial charge in [-0.05, 0) is 41.5 Å². The summed E-state index contributed by atoms with van der Waals surface area (Å²) in [6, 6.07) is 17.2. The number of ether oxygens (including phenoxy) is 3. The minimum atomic E-state index is -0.280. The first-order valence-corrected chi connectivity index (χ1v) is 8.84. The van der Waals surface area contributed by atoms with Gasteiger partial charge in [0.15, 0.2) is 11.5 Å². The van der Waals surface area contributed by atoms with E-state index in [0.29, 0.717) is 17.1 Å². The molecule has 1 aliphatic rings. The highest BCUT2D eigenvalue weighted by Gasteiger charge is 2.22. The van der Waals surface area contributed by atoms with Crippen molar-refractivity contribution < 1.29 is 23.7 Å². The summed E-state index contributed by atoms with van der Waals surface area (Å²) in [7, 11) is 1.62. The summed E-state index contributed by atoms with van der Waals surface area (Å²) in [6.07, 6.45) is 3.87. The number of hydrogen-bond donors (Lipinski definition) is 1. The molecule has 0 fully saturated rings. The van der Waals surface area contributed by atoms with Gasteiger partial charge in [-0.25, -0.2) is 4.39 Å². The van der Waals surface area contributed by atoms with E-state index in [0.717, 1.165) is 16.9 Å². The van der Waals surface area contributed by atoms with E-state index in [2.05, 4.69) is 0 Å². The molecule has 1 heterocycles. The third-order valence-corrected chi connectivity index (χ3v) is 4.68. The second-order valence-electron chi connectivity index (χ2n) is 6.43. The summed E-state index contributed by atoms with van der Waals surface area (Å²) in [4.78, 5) is 0. The van der Waals surface area contributed by atoms with Crippen molar-refractivity contribution in [1.82, 2.24) is 0 Å². The lowest BCUT2D eigenvalue weighted by Gasteiger charge is -2.17. The molecule has 1 atom stereocenters. The summed E-state index contributed by atoms with van der Waals surface area (Å²) in [6.45, 7) is 0.136. The molecule has 142 valence electrons. The van der Waals surface area contributed by atoms with Crippen molar-refractivity contribution in [1.29, 1.82) is 0 Å². The number of aromatic hydroxyl groups is 1. The highest BCUT2D eigenvalue weighted by Crippen LogP contribution is 2.42. The Kier molecular flexibility index (Phi) is 4.89. The highest BCUT2D eigenvalue weighted by atomic mass is 19.1. The molecule has 0 unspecified atom stereocenters. The molecule has 3 aromatic carbocycles. The summed E-state index contributed by atoms with van der Waals surface area (Å²) in [5, 5.41) is 10.6. The third-order valence-electron chi connectivity index (χ3n) is 4.68. The van der Waals surface area contributed by atoms with E-state index in [1.54, 1.807) is 31.4 Å². The van der Waals surface area contributed by atoms with E-state index in [4.69, 9.17) is 14.2 Å². The number of phenols is 1. The molecule has 0 saturated carbocycles. The standard InChI is InChI=1S/C23H19FO4/c1-26-18-9-5-16(6-10-18)19(11-4-15-2-7-17(24)8-3-15)20-12-22-23(13-21(20)25)28-14-27-22/h2-13,19,25H,14H2,1H3/b11-4+/t19-/m1/s1. The predicted octanol–water partition coefficient (Wildman–Crippen LogP) is 5.11. The highest BCUT2D eigenvalue weighted by molar-refractivity contribution is 5.59. The van der Waals surface area contributed by atoms with Gasteiger partial charge in [-0.3, -0.25) is 0 Å². The first-order valence-electron chi connectivity index (χ1n) is 8.84. The topological polar surface area (TPSA) is 47.9 Å². The Morgan fingerprint density at radius 3 is 2.36 bits per heavy atom. The first kappa shape index (κ1) is 17.9. The van der Waals surface area contributed by atoms with Crippen LogP contribution in [-0.4, -0.2) is 19.0 Å². The van der Waals surface area contributed by atoms with E-state index in [1.807, 2.05) is 36.4 Å². The fourth-order valence-corrected chi connectivity index (χ4v) is 3.18. The van der Waals surface area contributed by atoms with Gasteiger partial charge in [0.1, 0.15) is 17.3 Å². The number of phenolic OH excluding ortho intramolecular Hbond substituents is 1. The number of methoxy groups -OCH3 is 1. The molecule has 5 heteroatoms. The van der Waals surface area contributed by atoms with Crippen LogP contribution in [0.3, 0.4) is 0 Å². The molecule has 1 aliphatic heterocycles. The van der Waals surface area contributed by atoms with Gasteiger partial charge in [0.2, 0.25) is 6.79 Å². The van der Waals surface area contributed by atoms with Gasteiger partial charge < -0.3 is 19.3 Å². The molecule has 0 amide bonds. The zero-order valence-corrected chi connectivity index (χ0v) is 15.3. The van der Waals surface area contributed by atoms with Crippen molar-refractivity contribution >= 4 is 6.08 Å². The van der Waals surface area contributed by atoms with Crippen LogP contribution < -0.4 is 14.2 Å². The van der Waals surface area contributed by atoms with Crippen LogP contribution in [0.5, 0.6) is 23.0 Å². The summed E-state index contributed by atoms with van der Waals surface area (Å²) in [5.74, 6) is 1.47. The monoisotopic (exact) mass is 378 g/mol. The van der Waals surface area contributed by atoms with E-state index in [-0.39, 0.29) is 24.3 Å². The van der Waals surface area contributed by atoms with Gasteiger partial charge >= 0.3 is 0 Å². The van der Waals surface area contributed by atoms with Crippen molar-refractivity contribution in [3.63, 3.8) is 0 Å². The van der Waals surface area contributed by atoms with Crippen LogP contribution >= 0.6 is 0 Å². The van der Waals surface area contributed by atoms with E-state index < -0.39 is 0 Å². The van der Waals surface area contributed by atoms with Crippen LogP contribution in [0, 0.1) is 5.82 Å². The smallest absolute Gasteiger partial charge is 0.231 e. The molecular formula is C23H19FO4. The maximum atomic E-state index is 13.2. The Balaban J connectivity index is 1.75. The van der Waals surface area contributed by atoms with Crippen molar-refractivity contribution in [2.24, 2.45) is 0 Å². The first-order chi connectivity index (χ1) is 13.6. The molecule has 0 radical (unpaired) electrons. The predicted molar refractivity (Wildman–Crippen MR) is 105 cm³/mol. The molecule has 3 aromatic rings. The summed E-state index contributed by atoms with van der Waals surface area (Å²) >= 11 is 0. The second-order valence-corrected chi connectivity index (χ2v) is 6.43. The number of fused-ring (bicyclic) bond motifs is 1. The number of allylic oxidation sites excluding steroid dienone is 1. The molecule has 28 heavy (non-hydrogen) atoms. The lowest BCUT2D eigenvalue weighted by molar-refractivity contribution is 0.174. The molecule has 4 nitrogen and oxygen atoms in total. The van der Waals surface area contributed by atoms with Crippen molar-refractivity contribution in [2.45, 2.75) is 5.92 Å². The lowest BCUT2D eigenvalue weighted by Crippen LogP contribution is -1.99. The summed E-state index contributed by atoms with van der Waals surface area (Å²) < 4.78 is 29.2. The minimum absolute atomic E-state index is 0.119. The minimum Gasteiger partial charge on any atom is -0.507 e. The maximum absolute atomic E-state index is 13.2. The molecule has 0 aliphatic carbocycles. The van der Waals surface area contributed by atoms with Gasteiger partial charge in [-0.2, -0.15) is 0 Å². The van der Waals surface area contributed by atoms with E-state index in [1.165, 1.54) is 12.1 Å². The zero-order chi connectivity index (χ0) is 19.5. The Morgan fingerprint density at radius 2 is 1.68 bits per heavy atom. The second kappa shape index (κ2) is 7.64. The molecule has 0 bridgehead atoms. The van der Waals surface area contributed by atoms with Crippen LogP contribution in [0.2, 0.25) is 0 Å². The van der Waals surface area contributed by atoms with Crippen LogP contribution in [-0.2, 0) is 0 Å². The molecule has 0 spiro atoms.